The number of rotatable bonds is 0. The summed E-state index contributed by atoms with van der Waals surface area (Å²) in [6.07, 6.45) is 4.34. The Morgan fingerprint density at radius 2 is 1.46 bits per heavy atom. The van der Waals surface area contributed by atoms with Crippen LogP contribution in [0.15, 0.2) is 54.7 Å². The van der Waals surface area contributed by atoms with E-state index in [4.69, 9.17) is 0 Å². The van der Waals surface area contributed by atoms with Crippen LogP contribution in [0.4, 0.5) is 0 Å². The van der Waals surface area contributed by atoms with Crippen LogP contribution in [0.2, 0.25) is 0 Å². The third-order valence-electron chi connectivity index (χ3n) is 1.12. The van der Waals surface area contributed by atoms with Gasteiger partial charge < -0.3 is 4.98 Å². The van der Waals surface area contributed by atoms with Crippen LogP contribution < -0.4 is 0 Å². The summed E-state index contributed by atoms with van der Waals surface area (Å²) in [5.41, 5.74) is 0. The van der Waals surface area contributed by atoms with E-state index in [0.29, 0.717) is 0 Å². The Bertz CT molecular complexity index is 185. The molecule has 1 aromatic heterocycles. The minimum absolute atomic E-state index is 0. The van der Waals surface area contributed by atoms with Gasteiger partial charge in [0.05, 0.1) is 0 Å². The Morgan fingerprint density at radius 1 is 0.769 bits per heavy atom. The molecule has 0 aliphatic heterocycles. The van der Waals surface area contributed by atoms with Gasteiger partial charge in [-0.2, -0.15) is 54.6 Å². The van der Waals surface area contributed by atoms with Crippen molar-refractivity contribution in [2.24, 2.45) is 0 Å². The molecule has 0 fully saturated rings. The van der Waals surface area contributed by atoms with E-state index in [1.807, 2.05) is 42.5 Å². The fraction of sp³-hybridized carbons (Fsp3) is 0. The largest absolute Gasteiger partial charge is 2.00 e. The molecule has 0 radical (unpaired) electrons. The third kappa shape index (κ3) is 7.39. The number of aromatic nitrogens is 1. The van der Waals surface area contributed by atoms with E-state index in [1.165, 1.54) is 0 Å². The molecule has 0 bridgehead atoms. The maximum Gasteiger partial charge on any atom is 2.00 e. The van der Waals surface area contributed by atoms with Crippen LogP contribution in [0, 0.1) is 12.3 Å². The first kappa shape index (κ1) is 12.0. The first-order valence-electron chi connectivity index (χ1n) is 3.68. The Labute approximate surface area is 92.5 Å². The zero-order chi connectivity index (χ0) is 8.49. The van der Waals surface area contributed by atoms with Gasteiger partial charge in [0.2, 0.25) is 0 Å². The number of hydrogen-bond acceptors (Lipinski definition) is 1. The van der Waals surface area contributed by atoms with Crippen LogP contribution in [0.5, 0.6) is 0 Å². The number of benzene rings is 1. The first-order chi connectivity index (χ1) is 6.00. The van der Waals surface area contributed by atoms with Crippen molar-refractivity contribution in [3.63, 3.8) is 0 Å². The van der Waals surface area contributed by atoms with Crippen LogP contribution in [0.1, 0.15) is 0 Å². The Balaban J connectivity index is 0.000000206. The molecule has 2 heteroatoms. The molecule has 0 aliphatic rings. The van der Waals surface area contributed by atoms with E-state index in [-0.39, 0.29) is 20.4 Å². The van der Waals surface area contributed by atoms with E-state index < -0.39 is 0 Å². The molecule has 13 heavy (non-hydrogen) atoms. The summed E-state index contributed by atoms with van der Waals surface area (Å²) >= 11 is 0. The monoisotopic (exact) mass is 261 g/mol. The fourth-order valence-corrected chi connectivity index (χ4v) is 0.619. The van der Waals surface area contributed by atoms with Crippen LogP contribution in [0.25, 0.3) is 0 Å². The second kappa shape index (κ2) is 9.12. The smallest absolute Gasteiger partial charge is 0.394 e. The maximum absolute atomic E-state index is 3.66. The molecule has 2 rings (SSSR count). The zero-order valence-electron chi connectivity index (χ0n) is 6.96. The van der Waals surface area contributed by atoms with E-state index in [2.05, 4.69) is 17.2 Å². The van der Waals surface area contributed by atoms with Crippen LogP contribution in [-0.4, -0.2) is 4.98 Å². The summed E-state index contributed by atoms with van der Waals surface area (Å²) in [5.74, 6) is 0. The zero-order valence-corrected chi connectivity index (χ0v) is 8.51. The van der Waals surface area contributed by atoms with Gasteiger partial charge in [0, 0.05) is 0 Å². The van der Waals surface area contributed by atoms with Gasteiger partial charge in [-0.05, 0) is 0 Å². The second-order valence-electron chi connectivity index (χ2n) is 2.04. The molecule has 68 valence electrons. The summed E-state index contributed by atoms with van der Waals surface area (Å²) in [6.45, 7) is 0. The predicted molar refractivity (Wildman–Crippen MR) is 48.4 cm³/mol. The normalized spacial score (nSPS) is 7.38. The molecule has 2 aromatic rings. The van der Waals surface area contributed by atoms with Crippen molar-refractivity contribution in [3.05, 3.63) is 67.0 Å². The summed E-state index contributed by atoms with van der Waals surface area (Å²) < 4.78 is 0. The van der Waals surface area contributed by atoms with E-state index in [9.17, 15) is 0 Å². The van der Waals surface area contributed by atoms with Crippen LogP contribution >= 0.6 is 0 Å². The second-order valence-corrected chi connectivity index (χ2v) is 2.04. The molecular formula is C11H9NPd. The maximum atomic E-state index is 3.66. The van der Waals surface area contributed by atoms with Gasteiger partial charge >= 0.3 is 20.4 Å². The third-order valence-corrected chi connectivity index (χ3v) is 1.12. The minimum Gasteiger partial charge on any atom is -0.394 e. The molecule has 0 N–H and O–H groups in total. The van der Waals surface area contributed by atoms with Crippen molar-refractivity contribution in [3.8, 4) is 0 Å². The summed E-state index contributed by atoms with van der Waals surface area (Å²) in [6, 6.07) is 18.0. The Hall–Kier alpha value is -0.968. The van der Waals surface area contributed by atoms with E-state index in [0.717, 1.165) is 0 Å². The van der Waals surface area contributed by atoms with E-state index >= 15 is 0 Å². The van der Waals surface area contributed by atoms with Gasteiger partial charge in [0.1, 0.15) is 0 Å². The van der Waals surface area contributed by atoms with Crippen LogP contribution in [0.3, 0.4) is 0 Å². The summed E-state index contributed by atoms with van der Waals surface area (Å²) in [4.78, 5) is 3.66. The SMILES string of the molecule is [Pd+2].[c-]1ccccc1.[c-]1ccccn1. The van der Waals surface area contributed by atoms with E-state index in [1.54, 1.807) is 12.3 Å². The van der Waals surface area contributed by atoms with Crippen molar-refractivity contribution in [1.29, 1.82) is 0 Å². The van der Waals surface area contributed by atoms with Crippen molar-refractivity contribution in [1.82, 2.24) is 4.98 Å². The standard InChI is InChI=1S/C6H5.C5H4N.Pd/c2*1-2-4-6-5-3-1;/h1-5H;1-4H;/q2*-1;+2. The van der Waals surface area contributed by atoms with Crippen molar-refractivity contribution in [2.75, 3.05) is 0 Å². The van der Waals surface area contributed by atoms with Gasteiger partial charge in [-0.3, -0.25) is 0 Å². The fourth-order valence-electron chi connectivity index (χ4n) is 0.619. The molecule has 0 unspecified atom stereocenters. The molecule has 0 saturated heterocycles. The van der Waals surface area contributed by atoms with Gasteiger partial charge in [0.15, 0.2) is 0 Å². The van der Waals surface area contributed by atoms with Gasteiger partial charge in [-0.25, -0.2) is 0 Å². The van der Waals surface area contributed by atoms with Gasteiger partial charge in [0.25, 0.3) is 0 Å². The van der Waals surface area contributed by atoms with Crippen molar-refractivity contribution in [2.45, 2.75) is 0 Å². The average molecular weight is 262 g/mol. The molecule has 0 atom stereocenters. The van der Waals surface area contributed by atoms with Crippen molar-refractivity contribution < 1.29 is 20.4 Å². The van der Waals surface area contributed by atoms with Gasteiger partial charge in [-0.15, -0.1) is 0 Å². The number of hydrogen-bond donors (Lipinski definition) is 0. The summed E-state index contributed by atoms with van der Waals surface area (Å²) in [5, 5.41) is 0. The number of nitrogens with zero attached hydrogens (tertiary/aromatic N) is 1. The first-order valence-corrected chi connectivity index (χ1v) is 3.68. The molecule has 1 nitrogen and oxygen atoms in total. The topological polar surface area (TPSA) is 12.9 Å². The molecular weight excluding hydrogens is 253 g/mol. The average Bonchev–Trinajstić information content (AvgIpc) is 2.24. The minimum atomic E-state index is 0. The number of pyridine rings is 1. The Morgan fingerprint density at radius 3 is 1.62 bits per heavy atom. The molecule has 0 spiro atoms. The molecule has 0 saturated carbocycles. The Kier molecular flexibility index (Phi) is 8.44. The molecule has 0 amide bonds. The molecule has 0 aliphatic carbocycles. The summed E-state index contributed by atoms with van der Waals surface area (Å²) in [7, 11) is 0. The van der Waals surface area contributed by atoms with Crippen molar-refractivity contribution >= 4 is 0 Å². The predicted octanol–water partition coefficient (Wildman–Crippen LogP) is 2.37. The van der Waals surface area contributed by atoms with Gasteiger partial charge in [-0.1, -0.05) is 12.4 Å². The molecule has 1 aromatic carbocycles. The van der Waals surface area contributed by atoms with Crippen LogP contribution in [-0.2, 0) is 20.4 Å². The molecule has 1 heterocycles. The quantitative estimate of drug-likeness (QED) is 0.524.